The summed E-state index contributed by atoms with van der Waals surface area (Å²) < 4.78 is 0. The zero-order valence-electron chi connectivity index (χ0n) is 14.1. The van der Waals surface area contributed by atoms with E-state index in [4.69, 9.17) is 5.73 Å². The predicted octanol–water partition coefficient (Wildman–Crippen LogP) is 1.03. The molecule has 7 heteroatoms. The molecule has 0 aromatic carbocycles. The number of carbonyl (C=O) groups is 1. The molecule has 1 aliphatic heterocycles. The average molecular weight is 435 g/mol. The third-order valence-electron chi connectivity index (χ3n) is 4.39. The Hall–Kier alpha value is -0.830. The molecule has 0 aromatic heterocycles. The zero-order valence-corrected chi connectivity index (χ0v) is 16.4. The first-order valence-corrected chi connectivity index (χ1v) is 8.25. The lowest BCUT2D eigenvalue weighted by Crippen LogP contribution is -2.52. The molecule has 2 aliphatic rings. The molecule has 2 fully saturated rings. The lowest BCUT2D eigenvalue weighted by molar-refractivity contribution is -0.139. The summed E-state index contributed by atoms with van der Waals surface area (Å²) in [6.07, 6.45) is 3.40. The molecule has 0 bridgehead atoms. The normalized spacial score (nSPS) is 19.7. The number of hydrogen-bond donors (Lipinski definition) is 2. The Morgan fingerprint density at radius 3 is 2.48 bits per heavy atom. The summed E-state index contributed by atoms with van der Waals surface area (Å²) in [7, 11) is 0. The number of aliphatic imine (C=N–C) groups is 1. The molecule has 1 amide bonds. The van der Waals surface area contributed by atoms with Gasteiger partial charge in [0.15, 0.2) is 5.96 Å². The molecule has 1 saturated heterocycles. The summed E-state index contributed by atoms with van der Waals surface area (Å²) in [5.74, 6) is 1.17. The van der Waals surface area contributed by atoms with Crippen molar-refractivity contribution in [3.8, 4) is 0 Å². The molecule has 1 aliphatic carbocycles. The fourth-order valence-corrected chi connectivity index (χ4v) is 2.72. The number of carbonyl (C=O) groups excluding carboxylic acids is 1. The summed E-state index contributed by atoms with van der Waals surface area (Å²) in [5.41, 5.74) is 6.78. The van der Waals surface area contributed by atoms with Crippen LogP contribution in [0.1, 0.15) is 26.2 Å². The molecule has 0 atom stereocenters. The number of piperazine rings is 1. The van der Waals surface area contributed by atoms with Crippen LogP contribution in [0.3, 0.4) is 0 Å². The molecule has 1 heterocycles. The molecule has 132 valence electrons. The van der Waals surface area contributed by atoms with Crippen LogP contribution in [0.25, 0.3) is 0 Å². The van der Waals surface area contributed by atoms with E-state index in [0.29, 0.717) is 24.3 Å². The molecule has 0 spiro atoms. The first-order valence-electron chi connectivity index (χ1n) is 8.25. The number of nitrogens with one attached hydrogen (secondary N) is 1. The second-order valence-corrected chi connectivity index (χ2v) is 6.38. The zero-order chi connectivity index (χ0) is 15.9. The molecule has 0 radical (unpaired) electrons. The van der Waals surface area contributed by atoms with Gasteiger partial charge in [0.25, 0.3) is 0 Å². The van der Waals surface area contributed by atoms with E-state index in [1.165, 1.54) is 6.42 Å². The molecule has 1 saturated carbocycles. The molecule has 6 nitrogen and oxygen atoms in total. The van der Waals surface area contributed by atoms with Gasteiger partial charge in [0.1, 0.15) is 0 Å². The highest BCUT2D eigenvalue weighted by molar-refractivity contribution is 14.0. The standard InChI is InChI=1S/C16H29N5O.HI/c1-13(2)12-19-16(17)18-6-7-20-8-10-21(11-9-20)15(22)14-4-3-5-14;/h14H,1,3-12H2,2H3,(H3,17,18,19);1H. The Labute approximate surface area is 156 Å². The summed E-state index contributed by atoms with van der Waals surface area (Å²) >= 11 is 0. The maximum Gasteiger partial charge on any atom is 0.225 e. The molecule has 0 unspecified atom stereocenters. The van der Waals surface area contributed by atoms with Crippen molar-refractivity contribution in [2.24, 2.45) is 16.6 Å². The van der Waals surface area contributed by atoms with E-state index in [9.17, 15) is 4.79 Å². The summed E-state index contributed by atoms with van der Waals surface area (Å²) in [4.78, 5) is 20.8. The van der Waals surface area contributed by atoms with Crippen LogP contribution in [-0.4, -0.2) is 67.5 Å². The van der Waals surface area contributed by atoms with Crippen LogP contribution < -0.4 is 11.1 Å². The third-order valence-corrected chi connectivity index (χ3v) is 4.39. The Bertz CT molecular complexity index is 428. The monoisotopic (exact) mass is 435 g/mol. The Morgan fingerprint density at radius 2 is 1.96 bits per heavy atom. The van der Waals surface area contributed by atoms with Crippen molar-refractivity contribution in [2.75, 3.05) is 45.8 Å². The van der Waals surface area contributed by atoms with Gasteiger partial charge in [-0.15, -0.1) is 24.0 Å². The van der Waals surface area contributed by atoms with Gasteiger partial charge in [0, 0.05) is 45.2 Å². The van der Waals surface area contributed by atoms with Gasteiger partial charge in [-0.3, -0.25) is 9.69 Å². The van der Waals surface area contributed by atoms with Crippen molar-refractivity contribution in [1.82, 2.24) is 15.1 Å². The van der Waals surface area contributed by atoms with Gasteiger partial charge in [-0.1, -0.05) is 18.6 Å². The van der Waals surface area contributed by atoms with Gasteiger partial charge < -0.3 is 16.0 Å². The van der Waals surface area contributed by atoms with E-state index in [2.05, 4.69) is 21.8 Å². The summed E-state index contributed by atoms with van der Waals surface area (Å²) in [6.45, 7) is 11.6. The molecular formula is C16H30IN5O. The van der Waals surface area contributed by atoms with Crippen LogP contribution in [0.5, 0.6) is 0 Å². The minimum atomic E-state index is 0. The predicted molar refractivity (Wildman–Crippen MR) is 105 cm³/mol. The fourth-order valence-electron chi connectivity index (χ4n) is 2.72. The van der Waals surface area contributed by atoms with Gasteiger partial charge in [-0.25, -0.2) is 4.99 Å². The molecule has 23 heavy (non-hydrogen) atoms. The van der Waals surface area contributed by atoms with Crippen LogP contribution in [0, 0.1) is 5.92 Å². The first kappa shape index (κ1) is 20.2. The quantitative estimate of drug-likeness (QED) is 0.283. The van der Waals surface area contributed by atoms with Crippen LogP contribution in [-0.2, 0) is 4.79 Å². The summed E-state index contributed by atoms with van der Waals surface area (Å²) in [6, 6.07) is 0. The van der Waals surface area contributed by atoms with E-state index in [-0.39, 0.29) is 24.0 Å². The van der Waals surface area contributed by atoms with Crippen molar-refractivity contribution >= 4 is 35.8 Å². The van der Waals surface area contributed by atoms with Crippen molar-refractivity contribution in [2.45, 2.75) is 26.2 Å². The second-order valence-electron chi connectivity index (χ2n) is 6.38. The van der Waals surface area contributed by atoms with Crippen molar-refractivity contribution in [1.29, 1.82) is 0 Å². The largest absolute Gasteiger partial charge is 0.370 e. The van der Waals surface area contributed by atoms with Crippen LogP contribution in [0.4, 0.5) is 0 Å². The van der Waals surface area contributed by atoms with Crippen molar-refractivity contribution in [3.05, 3.63) is 12.2 Å². The third kappa shape index (κ3) is 6.66. The Kier molecular flexibility index (Phi) is 8.90. The maximum absolute atomic E-state index is 12.2. The number of guanidine groups is 1. The van der Waals surface area contributed by atoms with Gasteiger partial charge in [-0.05, 0) is 19.8 Å². The first-order chi connectivity index (χ1) is 10.6. The lowest BCUT2D eigenvalue weighted by atomic mass is 9.84. The van der Waals surface area contributed by atoms with Crippen LogP contribution in [0.15, 0.2) is 17.1 Å². The van der Waals surface area contributed by atoms with Gasteiger partial charge >= 0.3 is 0 Å². The highest BCUT2D eigenvalue weighted by atomic mass is 127. The van der Waals surface area contributed by atoms with Gasteiger partial charge in [0.2, 0.25) is 5.91 Å². The number of hydrogen-bond acceptors (Lipinski definition) is 3. The van der Waals surface area contributed by atoms with E-state index < -0.39 is 0 Å². The highest BCUT2D eigenvalue weighted by Gasteiger charge is 2.30. The molecule has 0 aromatic rings. The minimum absolute atomic E-state index is 0. The van der Waals surface area contributed by atoms with E-state index >= 15 is 0 Å². The van der Waals surface area contributed by atoms with Crippen LogP contribution in [0.2, 0.25) is 0 Å². The van der Waals surface area contributed by atoms with E-state index in [0.717, 1.165) is 57.7 Å². The SMILES string of the molecule is C=C(C)CN=C(N)NCCN1CCN(C(=O)C2CCC2)CC1.I. The fraction of sp³-hybridized carbons (Fsp3) is 0.750. The van der Waals surface area contributed by atoms with Gasteiger partial charge in [-0.2, -0.15) is 0 Å². The highest BCUT2D eigenvalue weighted by Crippen LogP contribution is 2.28. The molecular weight excluding hydrogens is 405 g/mol. The topological polar surface area (TPSA) is 74.0 Å². The molecule has 3 N–H and O–H groups in total. The Balaban J connectivity index is 0.00000264. The summed E-state index contributed by atoms with van der Waals surface area (Å²) in [5, 5.41) is 3.12. The average Bonchev–Trinajstić information content (AvgIpc) is 2.44. The number of nitrogens with zero attached hydrogens (tertiary/aromatic N) is 3. The molecule has 2 rings (SSSR count). The van der Waals surface area contributed by atoms with Crippen molar-refractivity contribution in [3.63, 3.8) is 0 Å². The second kappa shape index (κ2) is 10.1. The number of amides is 1. The smallest absolute Gasteiger partial charge is 0.225 e. The maximum atomic E-state index is 12.2. The van der Waals surface area contributed by atoms with E-state index in [1.54, 1.807) is 0 Å². The van der Waals surface area contributed by atoms with Crippen LogP contribution >= 0.6 is 24.0 Å². The van der Waals surface area contributed by atoms with Gasteiger partial charge in [0.05, 0.1) is 6.54 Å². The number of halogens is 1. The number of nitrogens with two attached hydrogens (primary N) is 1. The Morgan fingerprint density at radius 1 is 1.30 bits per heavy atom. The minimum Gasteiger partial charge on any atom is -0.370 e. The number of rotatable bonds is 6. The lowest BCUT2D eigenvalue weighted by Gasteiger charge is -2.38. The van der Waals surface area contributed by atoms with Crippen molar-refractivity contribution < 1.29 is 4.79 Å². The van der Waals surface area contributed by atoms with E-state index in [1.807, 2.05) is 11.8 Å².